The van der Waals surface area contributed by atoms with Crippen LogP contribution in [0.2, 0.25) is 0 Å². The van der Waals surface area contributed by atoms with E-state index in [4.69, 9.17) is 9.47 Å². The van der Waals surface area contributed by atoms with Gasteiger partial charge in [0.05, 0.1) is 19.6 Å². The van der Waals surface area contributed by atoms with Gasteiger partial charge in [0.1, 0.15) is 5.75 Å². The quantitative estimate of drug-likeness (QED) is 0.799. The van der Waals surface area contributed by atoms with Crippen molar-refractivity contribution in [1.82, 2.24) is 4.90 Å². The largest absolute Gasteiger partial charge is 0.496 e. The minimum Gasteiger partial charge on any atom is -0.496 e. The van der Waals surface area contributed by atoms with Gasteiger partial charge < -0.3 is 9.47 Å². The molecule has 2 heterocycles. The van der Waals surface area contributed by atoms with Gasteiger partial charge in [-0.3, -0.25) is 9.69 Å². The van der Waals surface area contributed by atoms with E-state index in [2.05, 4.69) is 0 Å². The standard InChI is InChI=1S/C14H15F2NO3.ClH/c1-19-12-3-2-11(15)13(16)10(12)6-17-4-8-7-20-14(18)9(8)5-17;/h2-3,8-9H,4-7H2,1H3;1H/t8-,9-;/m1./s1. The lowest BCUT2D eigenvalue weighted by Crippen LogP contribution is -2.24. The third-order valence-electron chi connectivity index (χ3n) is 4.01. The molecule has 0 saturated carbocycles. The number of hydrogen-bond donors (Lipinski definition) is 0. The van der Waals surface area contributed by atoms with Gasteiger partial charge in [-0.1, -0.05) is 0 Å². The number of rotatable bonds is 3. The second-order valence-electron chi connectivity index (χ2n) is 5.23. The first-order valence-electron chi connectivity index (χ1n) is 6.50. The van der Waals surface area contributed by atoms with E-state index in [0.717, 1.165) is 6.07 Å². The molecule has 0 unspecified atom stereocenters. The van der Waals surface area contributed by atoms with Crippen LogP contribution < -0.4 is 4.74 Å². The fourth-order valence-corrected chi connectivity index (χ4v) is 2.96. The number of nitrogens with zero attached hydrogens (tertiary/aromatic N) is 1. The Bertz CT molecular complexity index is 555. The maximum absolute atomic E-state index is 13.9. The number of halogens is 3. The molecule has 2 atom stereocenters. The van der Waals surface area contributed by atoms with Crippen molar-refractivity contribution in [2.75, 3.05) is 26.8 Å². The second-order valence-corrected chi connectivity index (χ2v) is 5.23. The van der Waals surface area contributed by atoms with Gasteiger partial charge in [-0.15, -0.1) is 12.4 Å². The van der Waals surface area contributed by atoms with Crippen molar-refractivity contribution in [3.63, 3.8) is 0 Å². The van der Waals surface area contributed by atoms with Crippen LogP contribution in [0.1, 0.15) is 5.56 Å². The van der Waals surface area contributed by atoms with Crippen LogP contribution in [0.3, 0.4) is 0 Å². The molecule has 0 aromatic heterocycles. The molecule has 116 valence electrons. The van der Waals surface area contributed by atoms with Gasteiger partial charge in [0.15, 0.2) is 11.6 Å². The van der Waals surface area contributed by atoms with Crippen molar-refractivity contribution in [2.45, 2.75) is 6.54 Å². The third kappa shape index (κ3) is 2.82. The molecule has 3 rings (SSSR count). The van der Waals surface area contributed by atoms with Gasteiger partial charge in [-0.2, -0.15) is 0 Å². The fraction of sp³-hybridized carbons (Fsp3) is 0.500. The molecule has 1 aromatic carbocycles. The molecule has 0 radical (unpaired) electrons. The number of fused-ring (bicyclic) bond motifs is 1. The molecule has 7 heteroatoms. The molecule has 2 aliphatic heterocycles. The van der Waals surface area contributed by atoms with Gasteiger partial charge in [0.2, 0.25) is 0 Å². The topological polar surface area (TPSA) is 38.8 Å². The minimum atomic E-state index is -0.889. The maximum atomic E-state index is 13.9. The lowest BCUT2D eigenvalue weighted by atomic mass is 10.0. The number of carbonyl (C=O) groups excluding carboxylic acids is 1. The molecule has 0 N–H and O–H groups in total. The average molecular weight is 320 g/mol. The molecule has 0 spiro atoms. The normalized spacial score (nSPS) is 24.4. The highest BCUT2D eigenvalue weighted by Gasteiger charge is 2.44. The molecule has 2 saturated heterocycles. The van der Waals surface area contributed by atoms with Gasteiger partial charge in [-0.25, -0.2) is 8.78 Å². The number of hydrogen-bond acceptors (Lipinski definition) is 4. The van der Waals surface area contributed by atoms with Crippen molar-refractivity contribution in [1.29, 1.82) is 0 Å². The molecule has 0 aliphatic carbocycles. The summed E-state index contributed by atoms with van der Waals surface area (Å²) in [7, 11) is 1.42. The molecule has 2 fully saturated rings. The monoisotopic (exact) mass is 319 g/mol. The molecular weight excluding hydrogens is 304 g/mol. The predicted octanol–water partition coefficient (Wildman–Crippen LogP) is 2.00. The molecule has 21 heavy (non-hydrogen) atoms. The Kier molecular flexibility index (Phi) is 4.68. The molecule has 2 aliphatic rings. The summed E-state index contributed by atoms with van der Waals surface area (Å²) >= 11 is 0. The van der Waals surface area contributed by atoms with Crippen LogP contribution in [0.15, 0.2) is 12.1 Å². The Morgan fingerprint density at radius 3 is 2.81 bits per heavy atom. The zero-order valence-electron chi connectivity index (χ0n) is 11.5. The first-order chi connectivity index (χ1) is 9.60. The summed E-state index contributed by atoms with van der Waals surface area (Å²) in [4.78, 5) is 13.4. The minimum absolute atomic E-state index is 0. The summed E-state index contributed by atoms with van der Waals surface area (Å²) in [6, 6.07) is 2.46. The van der Waals surface area contributed by atoms with Crippen LogP contribution >= 0.6 is 12.4 Å². The van der Waals surface area contributed by atoms with E-state index in [9.17, 15) is 13.6 Å². The highest BCUT2D eigenvalue weighted by Crippen LogP contribution is 2.33. The van der Waals surface area contributed by atoms with E-state index in [-0.39, 0.29) is 42.3 Å². The number of likely N-dealkylation sites (tertiary alicyclic amines) is 1. The highest BCUT2D eigenvalue weighted by molar-refractivity contribution is 5.85. The van der Waals surface area contributed by atoms with Crippen molar-refractivity contribution in [3.05, 3.63) is 29.3 Å². The highest BCUT2D eigenvalue weighted by atomic mass is 35.5. The summed E-state index contributed by atoms with van der Waals surface area (Å²) in [5, 5.41) is 0. The number of cyclic esters (lactones) is 1. The van der Waals surface area contributed by atoms with Crippen LogP contribution in [0.5, 0.6) is 5.75 Å². The van der Waals surface area contributed by atoms with Gasteiger partial charge in [0.25, 0.3) is 0 Å². The SMILES string of the molecule is COc1ccc(F)c(F)c1CN1C[C@@H]2COC(=O)[C@@H]2C1.Cl. The smallest absolute Gasteiger partial charge is 0.310 e. The Morgan fingerprint density at radius 2 is 2.14 bits per heavy atom. The van der Waals surface area contributed by atoms with Crippen molar-refractivity contribution < 1.29 is 23.0 Å². The third-order valence-corrected chi connectivity index (χ3v) is 4.01. The summed E-state index contributed by atoms with van der Waals surface area (Å²) in [5.74, 6) is -1.63. The van der Waals surface area contributed by atoms with Crippen LogP contribution in [0, 0.1) is 23.5 Å². The Balaban J connectivity index is 0.00000161. The Hall–Kier alpha value is -1.40. The Morgan fingerprint density at radius 1 is 1.38 bits per heavy atom. The molecule has 0 bridgehead atoms. The van der Waals surface area contributed by atoms with E-state index in [1.807, 2.05) is 4.90 Å². The van der Waals surface area contributed by atoms with Gasteiger partial charge in [-0.05, 0) is 12.1 Å². The second kappa shape index (κ2) is 6.15. The lowest BCUT2D eigenvalue weighted by molar-refractivity contribution is -0.141. The first kappa shape index (κ1) is 16.0. The first-order valence-corrected chi connectivity index (χ1v) is 6.50. The van der Waals surface area contributed by atoms with E-state index >= 15 is 0 Å². The van der Waals surface area contributed by atoms with E-state index < -0.39 is 11.6 Å². The number of carbonyl (C=O) groups is 1. The number of methoxy groups -OCH3 is 1. The lowest BCUT2D eigenvalue weighted by Gasteiger charge is -2.19. The molecule has 0 amide bonds. The molecular formula is C14H16ClF2NO3. The van der Waals surface area contributed by atoms with Crippen LogP contribution in [0.25, 0.3) is 0 Å². The van der Waals surface area contributed by atoms with E-state index in [1.54, 1.807) is 0 Å². The average Bonchev–Trinajstić information content (AvgIpc) is 2.98. The number of ether oxygens (including phenoxy) is 2. The molecule has 4 nitrogen and oxygen atoms in total. The Labute approximate surface area is 127 Å². The summed E-state index contributed by atoms with van der Waals surface area (Å²) in [6.45, 7) is 1.81. The number of benzene rings is 1. The van der Waals surface area contributed by atoms with E-state index in [1.165, 1.54) is 13.2 Å². The summed E-state index contributed by atoms with van der Waals surface area (Å²) in [5.41, 5.74) is 0.195. The van der Waals surface area contributed by atoms with Crippen molar-refractivity contribution in [2.24, 2.45) is 11.8 Å². The van der Waals surface area contributed by atoms with Crippen LogP contribution in [-0.4, -0.2) is 37.7 Å². The zero-order valence-corrected chi connectivity index (χ0v) is 12.3. The number of esters is 1. The predicted molar refractivity (Wildman–Crippen MR) is 73.4 cm³/mol. The van der Waals surface area contributed by atoms with E-state index in [0.29, 0.717) is 25.4 Å². The summed E-state index contributed by atoms with van der Waals surface area (Å²) in [6.07, 6.45) is 0. The summed E-state index contributed by atoms with van der Waals surface area (Å²) < 4.78 is 37.3. The van der Waals surface area contributed by atoms with Crippen LogP contribution in [-0.2, 0) is 16.1 Å². The maximum Gasteiger partial charge on any atom is 0.310 e. The fourth-order valence-electron chi connectivity index (χ4n) is 2.96. The zero-order chi connectivity index (χ0) is 14.3. The van der Waals surface area contributed by atoms with Crippen molar-refractivity contribution >= 4 is 18.4 Å². The molecule has 1 aromatic rings. The van der Waals surface area contributed by atoms with Crippen LogP contribution in [0.4, 0.5) is 8.78 Å². The van der Waals surface area contributed by atoms with Crippen molar-refractivity contribution in [3.8, 4) is 5.75 Å². The van der Waals surface area contributed by atoms with Gasteiger partial charge >= 0.3 is 5.97 Å². The van der Waals surface area contributed by atoms with Gasteiger partial charge in [0, 0.05) is 31.1 Å².